The first-order valence-corrected chi connectivity index (χ1v) is 10.4. The lowest BCUT2D eigenvalue weighted by molar-refractivity contribution is 0.211. The maximum Gasteiger partial charge on any atom is 0.239 e. The Balaban J connectivity index is 1.59. The molecule has 1 saturated heterocycles. The lowest BCUT2D eigenvalue weighted by Gasteiger charge is -2.18. The van der Waals surface area contributed by atoms with E-state index in [4.69, 9.17) is 9.72 Å². The summed E-state index contributed by atoms with van der Waals surface area (Å²) in [6, 6.07) is 5.93. The van der Waals surface area contributed by atoms with Gasteiger partial charge in [0.15, 0.2) is 11.5 Å². The van der Waals surface area contributed by atoms with Crippen LogP contribution in [0.5, 0.6) is 0 Å². The highest BCUT2D eigenvalue weighted by Gasteiger charge is 2.29. The van der Waals surface area contributed by atoms with E-state index in [-0.39, 0.29) is 6.10 Å². The van der Waals surface area contributed by atoms with Crippen LogP contribution in [0.25, 0.3) is 11.4 Å². The highest BCUT2D eigenvalue weighted by atomic mass is 16.5. The molecule has 1 unspecified atom stereocenters. The summed E-state index contributed by atoms with van der Waals surface area (Å²) >= 11 is 0. The Hall–Kier alpha value is -3.49. The van der Waals surface area contributed by atoms with E-state index in [1.54, 1.807) is 7.05 Å². The van der Waals surface area contributed by atoms with Gasteiger partial charge in [-0.1, -0.05) is 6.07 Å². The largest absolute Gasteiger partial charge is 0.471 e. The number of imidazole rings is 1. The fourth-order valence-corrected chi connectivity index (χ4v) is 3.99. The molecule has 4 rings (SSSR count). The van der Waals surface area contributed by atoms with E-state index >= 15 is 0 Å². The van der Waals surface area contributed by atoms with Crippen molar-refractivity contribution in [3.63, 3.8) is 0 Å². The molecule has 0 N–H and O–H groups in total. The lowest BCUT2D eigenvalue weighted by atomic mass is 10.2. The molecular formula is C22H28N8O. The van der Waals surface area contributed by atoms with E-state index in [1.165, 1.54) is 0 Å². The molecule has 1 aliphatic heterocycles. The zero-order chi connectivity index (χ0) is 22.0. The predicted octanol–water partition coefficient (Wildman–Crippen LogP) is 3.01. The molecule has 0 aliphatic carbocycles. The molecule has 9 nitrogen and oxygen atoms in total. The van der Waals surface area contributed by atoms with E-state index < -0.39 is 0 Å². The van der Waals surface area contributed by atoms with Gasteiger partial charge >= 0.3 is 0 Å². The van der Waals surface area contributed by atoms with Crippen molar-refractivity contribution in [3.05, 3.63) is 42.0 Å². The van der Waals surface area contributed by atoms with Gasteiger partial charge in [0.25, 0.3) is 0 Å². The van der Waals surface area contributed by atoms with E-state index in [9.17, 15) is 0 Å². The first-order chi connectivity index (χ1) is 15.1. The lowest BCUT2D eigenvalue weighted by Crippen LogP contribution is -2.25. The first kappa shape index (κ1) is 20.8. The molecule has 162 valence electrons. The van der Waals surface area contributed by atoms with Crippen molar-refractivity contribution in [2.75, 3.05) is 25.0 Å². The molecule has 3 aromatic heterocycles. The number of pyridine rings is 1. The maximum absolute atomic E-state index is 6.30. The first-order valence-electron chi connectivity index (χ1n) is 10.4. The van der Waals surface area contributed by atoms with Gasteiger partial charge in [-0.3, -0.25) is 9.67 Å². The van der Waals surface area contributed by atoms with Crippen LogP contribution in [0.15, 0.2) is 40.6 Å². The average Bonchev–Trinajstić information content (AvgIpc) is 3.49. The van der Waals surface area contributed by atoms with Crippen LogP contribution in [-0.4, -0.2) is 63.2 Å². The molecule has 0 radical (unpaired) electrons. The highest BCUT2D eigenvalue weighted by molar-refractivity contribution is 5.97. The topological polar surface area (TPSA) is 85.7 Å². The number of aliphatic imine (C=N–C) groups is 2. The number of aryl methyl sites for hydroxylation is 1. The molecule has 31 heavy (non-hydrogen) atoms. The van der Waals surface area contributed by atoms with Crippen LogP contribution >= 0.6 is 0 Å². The normalized spacial score (nSPS) is 16.7. The van der Waals surface area contributed by atoms with Crippen molar-refractivity contribution in [1.82, 2.24) is 24.3 Å². The van der Waals surface area contributed by atoms with Crippen LogP contribution in [-0.2, 0) is 18.3 Å². The smallest absolute Gasteiger partial charge is 0.239 e. The van der Waals surface area contributed by atoms with Crippen LogP contribution in [0, 0.1) is 6.92 Å². The van der Waals surface area contributed by atoms with Crippen molar-refractivity contribution >= 4 is 24.3 Å². The molecule has 9 heteroatoms. The van der Waals surface area contributed by atoms with Crippen LogP contribution in [0.4, 0.5) is 11.6 Å². The summed E-state index contributed by atoms with van der Waals surface area (Å²) in [5, 5.41) is 4.45. The molecule has 4 heterocycles. The van der Waals surface area contributed by atoms with Crippen LogP contribution in [0.2, 0.25) is 0 Å². The zero-order valence-corrected chi connectivity index (χ0v) is 18.5. The summed E-state index contributed by atoms with van der Waals surface area (Å²) in [4.78, 5) is 20.1. The van der Waals surface area contributed by atoms with E-state index in [1.807, 2.05) is 53.8 Å². The van der Waals surface area contributed by atoms with Gasteiger partial charge in [-0.15, -0.1) is 0 Å². The number of anilines is 1. The van der Waals surface area contributed by atoms with Crippen LogP contribution < -0.4 is 4.90 Å². The van der Waals surface area contributed by atoms with Gasteiger partial charge in [0, 0.05) is 45.5 Å². The molecule has 1 fully saturated rings. The summed E-state index contributed by atoms with van der Waals surface area (Å²) in [7, 11) is 3.63. The molecule has 0 aromatic carbocycles. The van der Waals surface area contributed by atoms with Gasteiger partial charge < -0.3 is 14.2 Å². The quantitative estimate of drug-likeness (QED) is 0.452. The Kier molecular flexibility index (Phi) is 5.83. The number of hydrogen-bond donors (Lipinski definition) is 0. The number of hydrogen-bond acceptors (Lipinski definition) is 7. The van der Waals surface area contributed by atoms with E-state index in [0.29, 0.717) is 17.4 Å². The van der Waals surface area contributed by atoms with Gasteiger partial charge in [-0.25, -0.2) is 15.0 Å². The summed E-state index contributed by atoms with van der Waals surface area (Å²) in [5.74, 6) is 2.82. The van der Waals surface area contributed by atoms with Gasteiger partial charge in [-0.2, -0.15) is 5.10 Å². The average molecular weight is 421 g/mol. The predicted molar refractivity (Wildman–Crippen MR) is 122 cm³/mol. The molecule has 0 bridgehead atoms. The summed E-state index contributed by atoms with van der Waals surface area (Å²) < 4.78 is 10.2. The second-order valence-electron chi connectivity index (χ2n) is 7.48. The number of aromatic nitrogens is 5. The molecule has 1 aliphatic rings. The van der Waals surface area contributed by atoms with Crippen molar-refractivity contribution in [3.8, 4) is 11.4 Å². The van der Waals surface area contributed by atoms with Crippen molar-refractivity contribution in [2.45, 2.75) is 32.9 Å². The Morgan fingerprint density at radius 2 is 2.19 bits per heavy atom. The molecule has 0 amide bonds. The third kappa shape index (κ3) is 3.83. The second kappa shape index (κ2) is 8.71. The van der Waals surface area contributed by atoms with Gasteiger partial charge in [-0.05, 0) is 32.7 Å². The molecule has 0 spiro atoms. The molecule has 3 aromatic rings. The summed E-state index contributed by atoms with van der Waals surface area (Å²) in [6.07, 6.45) is 4.52. The van der Waals surface area contributed by atoms with Gasteiger partial charge in [0.1, 0.15) is 17.7 Å². The molecule has 0 saturated carbocycles. The summed E-state index contributed by atoms with van der Waals surface area (Å²) in [5.41, 5.74) is 2.60. The Labute approximate surface area is 182 Å². The zero-order valence-electron chi connectivity index (χ0n) is 18.5. The Morgan fingerprint density at radius 3 is 2.84 bits per heavy atom. The number of rotatable bonds is 6. The van der Waals surface area contributed by atoms with Crippen LogP contribution in [0.1, 0.15) is 24.7 Å². The van der Waals surface area contributed by atoms with Gasteiger partial charge in [0.05, 0.1) is 18.3 Å². The fourth-order valence-electron chi connectivity index (χ4n) is 3.99. The highest BCUT2D eigenvalue weighted by Crippen LogP contribution is 2.30. The summed E-state index contributed by atoms with van der Waals surface area (Å²) in [6.45, 7) is 10.3. The van der Waals surface area contributed by atoms with Crippen molar-refractivity contribution < 1.29 is 4.74 Å². The minimum absolute atomic E-state index is 0.00611. The van der Waals surface area contributed by atoms with Crippen molar-refractivity contribution in [1.29, 1.82) is 0 Å². The van der Waals surface area contributed by atoms with Crippen LogP contribution in [0.3, 0.4) is 0 Å². The number of nitrogens with zero attached hydrogens (tertiary/aromatic N) is 8. The molecule has 1 atom stereocenters. The van der Waals surface area contributed by atoms with E-state index in [2.05, 4.69) is 38.6 Å². The SMILES string of the molecule is C=Nc1c(C(=NC)OC2CCN(c3ccccn3)C2)nc(-c2cnn(CC)c2C)n1C. The second-order valence-corrected chi connectivity index (χ2v) is 7.48. The maximum atomic E-state index is 6.30. The van der Waals surface area contributed by atoms with Gasteiger partial charge in [0.2, 0.25) is 5.90 Å². The monoisotopic (exact) mass is 420 g/mol. The minimum Gasteiger partial charge on any atom is -0.471 e. The fraction of sp³-hybridized carbons (Fsp3) is 0.409. The Morgan fingerprint density at radius 1 is 1.35 bits per heavy atom. The molecular weight excluding hydrogens is 392 g/mol. The van der Waals surface area contributed by atoms with Crippen molar-refractivity contribution in [2.24, 2.45) is 17.0 Å². The third-order valence-corrected chi connectivity index (χ3v) is 5.66. The third-order valence-electron chi connectivity index (χ3n) is 5.66. The van der Waals surface area contributed by atoms with E-state index in [0.717, 1.165) is 49.0 Å². The number of ether oxygens (including phenoxy) is 1. The Bertz CT molecular complexity index is 1100. The minimum atomic E-state index is -0.00611. The standard InChI is InChI=1S/C22H28N8O/c1-6-30-15(2)17(13-26-30)20-27-19(21(23-3)28(20)5)22(24-4)31-16-10-12-29(14-16)18-9-7-8-11-25-18/h7-9,11,13,16H,3,6,10,12,14H2,1-2,4-5H3.